The summed E-state index contributed by atoms with van der Waals surface area (Å²) >= 11 is 0. The smallest absolute Gasteiger partial charge is 0.125 e. The molecule has 4 heteroatoms. The fraction of sp³-hybridized carbons (Fsp3) is 0.421. The van der Waals surface area contributed by atoms with Crippen LogP contribution < -0.4 is 9.64 Å². The maximum Gasteiger partial charge on any atom is 0.125 e. The second kappa shape index (κ2) is 6.20. The van der Waals surface area contributed by atoms with E-state index in [1.807, 2.05) is 48.8 Å². The summed E-state index contributed by atoms with van der Waals surface area (Å²) in [6.45, 7) is 2.73. The van der Waals surface area contributed by atoms with Crippen LogP contribution in [0.4, 0.5) is 5.69 Å². The van der Waals surface area contributed by atoms with Gasteiger partial charge in [0.1, 0.15) is 11.9 Å². The zero-order chi connectivity index (χ0) is 15.5. The molecule has 23 heavy (non-hydrogen) atoms. The number of piperidine rings is 1. The monoisotopic (exact) mass is 310 g/mol. The number of hydrogen-bond donors (Lipinski definition) is 0. The summed E-state index contributed by atoms with van der Waals surface area (Å²) in [5.41, 5.74) is 1.20. The maximum atomic E-state index is 6.18. The molecule has 2 saturated heterocycles. The van der Waals surface area contributed by atoms with E-state index in [0.29, 0.717) is 6.61 Å². The van der Waals surface area contributed by atoms with E-state index in [2.05, 4.69) is 16.0 Å². The van der Waals surface area contributed by atoms with Gasteiger partial charge < -0.3 is 14.4 Å². The lowest BCUT2D eigenvalue weighted by molar-refractivity contribution is -0.0162. The van der Waals surface area contributed by atoms with E-state index in [9.17, 15) is 0 Å². The number of benzene rings is 1. The minimum atomic E-state index is -0.00183. The Bertz CT molecular complexity index is 624. The van der Waals surface area contributed by atoms with E-state index in [-0.39, 0.29) is 11.7 Å². The van der Waals surface area contributed by atoms with Crippen molar-refractivity contribution < 1.29 is 9.47 Å². The molecular weight excluding hydrogens is 288 g/mol. The van der Waals surface area contributed by atoms with Crippen LogP contribution in [0.25, 0.3) is 0 Å². The van der Waals surface area contributed by atoms with Gasteiger partial charge in [0.25, 0.3) is 0 Å². The summed E-state index contributed by atoms with van der Waals surface area (Å²) in [7, 11) is 0. The van der Waals surface area contributed by atoms with Gasteiger partial charge in [-0.1, -0.05) is 18.2 Å². The van der Waals surface area contributed by atoms with Gasteiger partial charge in [0.15, 0.2) is 0 Å². The predicted octanol–water partition coefficient (Wildman–Crippen LogP) is 3.29. The average Bonchev–Trinajstić information content (AvgIpc) is 2.99. The van der Waals surface area contributed by atoms with Crippen LogP contribution in [0.15, 0.2) is 54.9 Å². The number of pyridine rings is 1. The number of ether oxygens (including phenoxy) is 2. The molecule has 0 amide bonds. The number of para-hydroxylation sites is 1. The molecule has 120 valence electrons. The Labute approximate surface area is 137 Å². The summed E-state index contributed by atoms with van der Waals surface area (Å²) in [6.07, 6.45) is 7.02. The minimum Gasteiger partial charge on any atom is -0.488 e. The van der Waals surface area contributed by atoms with Gasteiger partial charge in [0.05, 0.1) is 24.1 Å². The number of anilines is 1. The quantitative estimate of drug-likeness (QED) is 0.871. The van der Waals surface area contributed by atoms with Crippen molar-refractivity contribution >= 4 is 5.69 Å². The van der Waals surface area contributed by atoms with Gasteiger partial charge >= 0.3 is 0 Å². The first kappa shape index (κ1) is 14.5. The molecule has 2 fully saturated rings. The van der Waals surface area contributed by atoms with E-state index in [4.69, 9.17) is 9.47 Å². The molecule has 1 unspecified atom stereocenters. The average molecular weight is 310 g/mol. The zero-order valence-corrected chi connectivity index (χ0v) is 13.2. The Morgan fingerprint density at radius 2 is 1.91 bits per heavy atom. The van der Waals surface area contributed by atoms with Crippen LogP contribution in [-0.2, 0) is 4.74 Å². The molecule has 2 aliphatic heterocycles. The molecule has 0 saturated carbocycles. The number of nitrogens with zero attached hydrogens (tertiary/aromatic N) is 2. The molecule has 0 aliphatic carbocycles. The first-order valence-corrected chi connectivity index (χ1v) is 8.34. The largest absolute Gasteiger partial charge is 0.488 e. The third-order valence-corrected chi connectivity index (χ3v) is 4.91. The Kier molecular flexibility index (Phi) is 3.92. The highest BCUT2D eigenvalue weighted by molar-refractivity contribution is 5.44. The number of rotatable bonds is 3. The normalized spacial score (nSPS) is 23.1. The molecule has 1 spiro atoms. The summed E-state index contributed by atoms with van der Waals surface area (Å²) in [6, 6.07) is 14.2. The van der Waals surface area contributed by atoms with Crippen LogP contribution >= 0.6 is 0 Å². The fourth-order valence-corrected chi connectivity index (χ4v) is 3.63. The van der Waals surface area contributed by atoms with Crippen molar-refractivity contribution in [2.45, 2.75) is 31.0 Å². The van der Waals surface area contributed by atoms with Crippen LogP contribution in [0.2, 0.25) is 0 Å². The molecular formula is C19H22N2O2. The highest BCUT2D eigenvalue weighted by atomic mass is 16.6. The van der Waals surface area contributed by atoms with Crippen molar-refractivity contribution in [3.8, 4) is 5.75 Å². The van der Waals surface area contributed by atoms with E-state index in [0.717, 1.165) is 38.1 Å². The second-order valence-corrected chi connectivity index (χ2v) is 6.45. The van der Waals surface area contributed by atoms with E-state index >= 15 is 0 Å². The molecule has 4 rings (SSSR count). The molecule has 1 atom stereocenters. The lowest BCUT2D eigenvalue weighted by Gasteiger charge is -2.39. The third kappa shape index (κ3) is 3.17. The Morgan fingerprint density at radius 3 is 2.65 bits per heavy atom. The van der Waals surface area contributed by atoms with E-state index < -0.39 is 0 Å². The zero-order valence-electron chi connectivity index (χ0n) is 13.2. The predicted molar refractivity (Wildman–Crippen MR) is 89.8 cm³/mol. The molecule has 2 aliphatic rings. The first-order chi connectivity index (χ1) is 11.3. The van der Waals surface area contributed by atoms with Crippen molar-refractivity contribution in [3.05, 3.63) is 54.9 Å². The highest BCUT2D eigenvalue weighted by Gasteiger charge is 2.43. The summed E-state index contributed by atoms with van der Waals surface area (Å²) < 4.78 is 12.2. The van der Waals surface area contributed by atoms with E-state index in [1.54, 1.807) is 0 Å². The summed E-state index contributed by atoms with van der Waals surface area (Å²) in [5, 5.41) is 0. The molecule has 0 N–H and O–H groups in total. The Balaban J connectivity index is 1.35. The van der Waals surface area contributed by atoms with Crippen molar-refractivity contribution in [1.82, 2.24) is 4.98 Å². The maximum absolute atomic E-state index is 6.18. The molecule has 0 bridgehead atoms. The van der Waals surface area contributed by atoms with Gasteiger partial charge in [-0.15, -0.1) is 0 Å². The number of hydrogen-bond acceptors (Lipinski definition) is 4. The van der Waals surface area contributed by atoms with Crippen LogP contribution in [-0.4, -0.2) is 36.4 Å². The topological polar surface area (TPSA) is 34.6 Å². The van der Waals surface area contributed by atoms with Crippen LogP contribution in [0.3, 0.4) is 0 Å². The van der Waals surface area contributed by atoms with Crippen molar-refractivity contribution in [2.75, 3.05) is 24.6 Å². The first-order valence-electron chi connectivity index (χ1n) is 8.34. The summed E-state index contributed by atoms with van der Waals surface area (Å²) in [5.74, 6) is 0.936. The highest BCUT2D eigenvalue weighted by Crippen LogP contribution is 2.38. The van der Waals surface area contributed by atoms with Crippen LogP contribution in [0, 0.1) is 0 Å². The molecule has 1 aromatic carbocycles. The van der Waals surface area contributed by atoms with Gasteiger partial charge in [0.2, 0.25) is 0 Å². The summed E-state index contributed by atoms with van der Waals surface area (Å²) in [4.78, 5) is 6.61. The minimum absolute atomic E-state index is 0.00183. The Morgan fingerprint density at radius 1 is 1.09 bits per heavy atom. The van der Waals surface area contributed by atoms with Gasteiger partial charge in [0, 0.05) is 25.7 Å². The van der Waals surface area contributed by atoms with E-state index in [1.165, 1.54) is 5.69 Å². The van der Waals surface area contributed by atoms with Crippen LogP contribution in [0.1, 0.15) is 19.3 Å². The van der Waals surface area contributed by atoms with Crippen molar-refractivity contribution in [1.29, 1.82) is 0 Å². The molecule has 2 aromatic rings. The SMILES string of the molecule is c1ccc(OC2COC3(CCN(c4cccnc4)CC3)C2)cc1. The second-order valence-electron chi connectivity index (χ2n) is 6.45. The molecule has 3 heterocycles. The van der Waals surface area contributed by atoms with Gasteiger partial charge in [-0.05, 0) is 37.1 Å². The Hall–Kier alpha value is -2.07. The van der Waals surface area contributed by atoms with Crippen molar-refractivity contribution in [3.63, 3.8) is 0 Å². The molecule has 4 nitrogen and oxygen atoms in total. The molecule has 1 aromatic heterocycles. The van der Waals surface area contributed by atoms with Gasteiger partial charge in [-0.2, -0.15) is 0 Å². The lowest BCUT2D eigenvalue weighted by Crippen LogP contribution is -2.44. The number of aromatic nitrogens is 1. The van der Waals surface area contributed by atoms with Gasteiger partial charge in [-0.25, -0.2) is 0 Å². The van der Waals surface area contributed by atoms with Crippen LogP contribution in [0.5, 0.6) is 5.75 Å². The molecule has 0 radical (unpaired) electrons. The van der Waals surface area contributed by atoms with Gasteiger partial charge in [-0.3, -0.25) is 4.98 Å². The third-order valence-electron chi connectivity index (χ3n) is 4.91. The standard InChI is InChI=1S/C19H22N2O2/c1-2-6-17(7-3-1)23-18-13-19(22-15-18)8-11-21(12-9-19)16-5-4-10-20-14-16/h1-7,10,14,18H,8-9,11-13,15H2. The van der Waals surface area contributed by atoms with Crippen molar-refractivity contribution in [2.24, 2.45) is 0 Å². The lowest BCUT2D eigenvalue weighted by atomic mass is 9.88. The fourth-order valence-electron chi connectivity index (χ4n) is 3.63.